The van der Waals surface area contributed by atoms with Gasteiger partial charge in [0.2, 0.25) is 15.9 Å². The standard InChI is InChI=1S/C22H29N3O4S/c1-15-11-18-13-20(9-10-21(18)25(15)16(2)26)30(27,28)23-14-22(24(3)4)17-7-6-8-19(12-17)29-5/h6-10,12-13,15,22-23H,11,14H2,1-5H3/t15-,22-/m0/s1. The molecule has 0 saturated heterocycles. The largest absolute Gasteiger partial charge is 0.497 e. The van der Waals surface area contributed by atoms with Crippen molar-refractivity contribution in [3.63, 3.8) is 0 Å². The maximum absolute atomic E-state index is 13.0. The van der Waals surface area contributed by atoms with Crippen LogP contribution in [0.5, 0.6) is 5.75 Å². The Hall–Kier alpha value is -2.42. The summed E-state index contributed by atoms with van der Waals surface area (Å²) in [5.74, 6) is 0.687. The highest BCUT2D eigenvalue weighted by Crippen LogP contribution is 2.34. The minimum atomic E-state index is -3.70. The zero-order valence-electron chi connectivity index (χ0n) is 18.0. The zero-order valence-corrected chi connectivity index (χ0v) is 18.9. The second kappa shape index (κ2) is 8.75. The third-order valence-electron chi connectivity index (χ3n) is 5.48. The van der Waals surface area contributed by atoms with E-state index in [1.54, 1.807) is 30.2 Å². The number of anilines is 1. The Kier molecular flexibility index (Phi) is 6.50. The molecule has 0 aliphatic carbocycles. The van der Waals surface area contributed by atoms with E-state index in [-0.39, 0.29) is 29.4 Å². The fourth-order valence-corrected chi connectivity index (χ4v) is 5.06. The Bertz CT molecular complexity index is 1040. The molecule has 0 bridgehead atoms. The Morgan fingerprint density at radius 2 is 2.00 bits per heavy atom. The van der Waals surface area contributed by atoms with E-state index in [4.69, 9.17) is 4.74 Å². The molecule has 0 spiro atoms. The highest BCUT2D eigenvalue weighted by atomic mass is 32.2. The van der Waals surface area contributed by atoms with Crippen LogP contribution in [-0.2, 0) is 21.2 Å². The molecule has 7 nitrogen and oxygen atoms in total. The van der Waals surface area contributed by atoms with Gasteiger partial charge in [-0.25, -0.2) is 13.1 Å². The van der Waals surface area contributed by atoms with E-state index in [2.05, 4.69) is 4.72 Å². The Labute approximate surface area is 178 Å². The number of benzene rings is 2. The molecule has 30 heavy (non-hydrogen) atoms. The minimum absolute atomic E-state index is 0.0228. The van der Waals surface area contributed by atoms with Gasteiger partial charge in [-0.2, -0.15) is 0 Å². The zero-order chi connectivity index (χ0) is 22.1. The average molecular weight is 432 g/mol. The van der Waals surface area contributed by atoms with E-state index in [1.165, 1.54) is 6.92 Å². The fourth-order valence-electron chi connectivity index (χ4n) is 3.97. The summed E-state index contributed by atoms with van der Waals surface area (Å²) in [6.45, 7) is 3.71. The van der Waals surface area contributed by atoms with E-state index < -0.39 is 10.0 Å². The molecule has 0 radical (unpaired) electrons. The molecule has 8 heteroatoms. The number of sulfonamides is 1. The molecule has 1 aliphatic rings. The van der Waals surface area contributed by atoms with Gasteiger partial charge in [-0.05, 0) is 68.9 Å². The second-order valence-corrected chi connectivity index (χ2v) is 9.61. The van der Waals surface area contributed by atoms with Crippen LogP contribution in [0.1, 0.15) is 31.0 Å². The van der Waals surface area contributed by atoms with E-state index >= 15 is 0 Å². The number of hydrogen-bond acceptors (Lipinski definition) is 5. The molecule has 162 valence electrons. The van der Waals surface area contributed by atoms with Crippen LogP contribution in [-0.4, -0.2) is 53.0 Å². The van der Waals surface area contributed by atoms with Crippen LogP contribution < -0.4 is 14.4 Å². The van der Waals surface area contributed by atoms with Gasteiger partial charge in [0, 0.05) is 31.2 Å². The van der Waals surface area contributed by atoms with Crippen LogP contribution in [0.4, 0.5) is 5.69 Å². The number of ether oxygens (including phenoxy) is 1. The predicted octanol–water partition coefficient (Wildman–Crippen LogP) is 2.57. The predicted molar refractivity (Wildman–Crippen MR) is 117 cm³/mol. The van der Waals surface area contributed by atoms with Crippen LogP contribution in [0.15, 0.2) is 47.4 Å². The van der Waals surface area contributed by atoms with Crippen LogP contribution in [0.2, 0.25) is 0 Å². The van der Waals surface area contributed by atoms with Gasteiger partial charge in [-0.1, -0.05) is 12.1 Å². The number of hydrogen-bond donors (Lipinski definition) is 1. The Morgan fingerprint density at radius 1 is 1.27 bits per heavy atom. The molecule has 0 unspecified atom stereocenters. The SMILES string of the molecule is COc1cccc([C@H](CNS(=O)(=O)c2ccc3c(c2)C[C@H](C)N3C(C)=O)N(C)C)c1. The molecule has 2 aromatic rings. The van der Waals surface area contributed by atoms with Crippen molar-refractivity contribution in [2.75, 3.05) is 32.6 Å². The monoisotopic (exact) mass is 431 g/mol. The molecule has 0 aromatic heterocycles. The van der Waals surface area contributed by atoms with Crippen molar-refractivity contribution in [3.8, 4) is 5.75 Å². The van der Waals surface area contributed by atoms with Crippen molar-refractivity contribution in [2.24, 2.45) is 0 Å². The van der Waals surface area contributed by atoms with Gasteiger partial charge in [0.1, 0.15) is 5.75 Å². The summed E-state index contributed by atoms with van der Waals surface area (Å²) < 4.78 is 34.0. The number of amides is 1. The fraction of sp³-hybridized carbons (Fsp3) is 0.409. The summed E-state index contributed by atoms with van der Waals surface area (Å²) in [5, 5.41) is 0. The molecule has 2 aromatic carbocycles. The highest BCUT2D eigenvalue weighted by molar-refractivity contribution is 7.89. The number of nitrogens with one attached hydrogen (secondary N) is 1. The van der Waals surface area contributed by atoms with Gasteiger partial charge in [-0.15, -0.1) is 0 Å². The van der Waals surface area contributed by atoms with Gasteiger partial charge in [0.25, 0.3) is 0 Å². The summed E-state index contributed by atoms with van der Waals surface area (Å²) in [7, 11) is 1.72. The van der Waals surface area contributed by atoms with Crippen molar-refractivity contribution in [1.29, 1.82) is 0 Å². The maximum atomic E-state index is 13.0. The Balaban J connectivity index is 1.81. The third kappa shape index (κ3) is 4.50. The smallest absolute Gasteiger partial charge is 0.240 e. The van der Waals surface area contributed by atoms with Crippen LogP contribution in [0, 0.1) is 0 Å². The molecule has 1 amide bonds. The normalized spacial score (nSPS) is 17.1. The van der Waals surface area contributed by atoms with Gasteiger partial charge in [0.05, 0.1) is 12.0 Å². The summed E-state index contributed by atoms with van der Waals surface area (Å²) in [6.07, 6.45) is 0.641. The van der Waals surface area contributed by atoms with Gasteiger partial charge in [-0.3, -0.25) is 4.79 Å². The lowest BCUT2D eigenvalue weighted by Gasteiger charge is -2.25. The van der Waals surface area contributed by atoms with E-state index in [1.807, 2.05) is 50.2 Å². The van der Waals surface area contributed by atoms with Crippen LogP contribution >= 0.6 is 0 Å². The van der Waals surface area contributed by atoms with Crippen LogP contribution in [0.3, 0.4) is 0 Å². The summed E-state index contributed by atoms with van der Waals surface area (Å²) >= 11 is 0. The molecule has 1 N–H and O–H groups in total. The van der Waals surface area contributed by atoms with E-state index in [9.17, 15) is 13.2 Å². The second-order valence-electron chi connectivity index (χ2n) is 7.84. The van der Waals surface area contributed by atoms with Gasteiger partial charge < -0.3 is 14.5 Å². The summed E-state index contributed by atoms with van der Waals surface area (Å²) in [4.78, 5) is 15.8. The topological polar surface area (TPSA) is 79.0 Å². The van der Waals surface area contributed by atoms with Crippen molar-refractivity contribution in [3.05, 3.63) is 53.6 Å². The number of fused-ring (bicyclic) bond motifs is 1. The number of likely N-dealkylation sites (N-methyl/N-ethyl adjacent to an activating group) is 1. The van der Waals surface area contributed by atoms with Gasteiger partial charge in [0.15, 0.2) is 0 Å². The summed E-state index contributed by atoms with van der Waals surface area (Å²) in [6, 6.07) is 12.4. The lowest BCUT2D eigenvalue weighted by atomic mass is 10.1. The highest BCUT2D eigenvalue weighted by Gasteiger charge is 2.30. The van der Waals surface area contributed by atoms with Crippen molar-refractivity contribution in [1.82, 2.24) is 9.62 Å². The van der Waals surface area contributed by atoms with E-state index in [0.29, 0.717) is 6.42 Å². The quantitative estimate of drug-likeness (QED) is 0.729. The lowest BCUT2D eigenvalue weighted by Crippen LogP contribution is -2.34. The van der Waals surface area contributed by atoms with Crippen molar-refractivity contribution < 1.29 is 17.9 Å². The molecule has 2 atom stereocenters. The molecule has 1 aliphatic heterocycles. The van der Waals surface area contributed by atoms with Gasteiger partial charge >= 0.3 is 0 Å². The lowest BCUT2D eigenvalue weighted by molar-refractivity contribution is -0.116. The number of carbonyl (C=O) groups excluding carboxylic acids is 1. The third-order valence-corrected chi connectivity index (χ3v) is 6.91. The molecular weight excluding hydrogens is 402 g/mol. The summed E-state index contributed by atoms with van der Waals surface area (Å²) in [5.41, 5.74) is 2.62. The van der Waals surface area contributed by atoms with Crippen molar-refractivity contribution in [2.45, 2.75) is 37.2 Å². The number of rotatable bonds is 7. The number of nitrogens with zero attached hydrogens (tertiary/aromatic N) is 2. The first-order valence-electron chi connectivity index (χ1n) is 9.87. The average Bonchev–Trinajstić information content (AvgIpc) is 3.03. The molecule has 1 heterocycles. The maximum Gasteiger partial charge on any atom is 0.240 e. The number of carbonyl (C=O) groups is 1. The Morgan fingerprint density at radius 3 is 2.63 bits per heavy atom. The van der Waals surface area contributed by atoms with E-state index in [0.717, 1.165) is 22.6 Å². The van der Waals surface area contributed by atoms with Crippen molar-refractivity contribution >= 4 is 21.6 Å². The first kappa shape index (κ1) is 22.3. The molecule has 3 rings (SSSR count). The number of methoxy groups -OCH3 is 1. The first-order valence-corrected chi connectivity index (χ1v) is 11.3. The first-order chi connectivity index (χ1) is 14.1. The molecule has 0 fully saturated rings. The molecule has 0 saturated carbocycles. The van der Waals surface area contributed by atoms with Crippen LogP contribution in [0.25, 0.3) is 0 Å². The minimum Gasteiger partial charge on any atom is -0.497 e. The molecular formula is C22H29N3O4S.